The van der Waals surface area contributed by atoms with Crippen molar-refractivity contribution in [3.8, 4) is 0 Å². The Balaban J connectivity index is 2.68. The number of hydrogen-bond acceptors (Lipinski definition) is 2. The Kier molecular flexibility index (Phi) is 6.07. The summed E-state index contributed by atoms with van der Waals surface area (Å²) >= 11 is 1.91. The molecule has 16 heavy (non-hydrogen) atoms. The van der Waals surface area contributed by atoms with Crippen LogP contribution in [-0.2, 0) is 6.42 Å². The fourth-order valence-corrected chi connectivity index (χ4v) is 3.13. The molecule has 0 spiro atoms. The zero-order chi connectivity index (χ0) is 12.0. The van der Waals surface area contributed by atoms with Crippen molar-refractivity contribution in [1.29, 1.82) is 0 Å². The lowest BCUT2D eigenvalue weighted by molar-refractivity contribution is 0.451. The molecule has 0 radical (unpaired) electrons. The Morgan fingerprint density at radius 1 is 1.25 bits per heavy atom. The predicted molar refractivity (Wildman–Crippen MR) is 74.2 cm³/mol. The Bertz CT molecular complexity index is 291. The van der Waals surface area contributed by atoms with Gasteiger partial charge in [0.1, 0.15) is 0 Å². The molecule has 0 amide bonds. The fraction of sp³-hybridized carbons (Fsp3) is 0.714. The van der Waals surface area contributed by atoms with Gasteiger partial charge in [-0.15, -0.1) is 11.3 Å². The molecule has 1 nitrogen and oxygen atoms in total. The third-order valence-electron chi connectivity index (χ3n) is 2.96. The highest BCUT2D eigenvalue weighted by Gasteiger charge is 2.15. The van der Waals surface area contributed by atoms with Gasteiger partial charge in [-0.1, -0.05) is 27.7 Å². The quantitative estimate of drug-likeness (QED) is 0.744. The van der Waals surface area contributed by atoms with Crippen molar-refractivity contribution < 1.29 is 0 Å². The lowest BCUT2D eigenvalue weighted by Gasteiger charge is -2.19. The molecule has 0 fully saturated rings. The summed E-state index contributed by atoms with van der Waals surface area (Å²) in [6.45, 7) is 10.1. The first-order valence-electron chi connectivity index (χ1n) is 6.48. The monoisotopic (exact) mass is 239 g/mol. The molecule has 1 N–H and O–H groups in total. The second-order valence-electron chi connectivity index (χ2n) is 4.75. The van der Waals surface area contributed by atoms with E-state index in [2.05, 4.69) is 44.5 Å². The van der Waals surface area contributed by atoms with Gasteiger partial charge in [0.05, 0.1) is 0 Å². The highest BCUT2D eigenvalue weighted by molar-refractivity contribution is 7.10. The lowest BCUT2D eigenvalue weighted by Crippen LogP contribution is -2.21. The summed E-state index contributed by atoms with van der Waals surface area (Å²) in [5.74, 6) is 0.797. The van der Waals surface area contributed by atoms with Crippen LogP contribution in [-0.4, -0.2) is 6.54 Å². The summed E-state index contributed by atoms with van der Waals surface area (Å²) in [5.41, 5.74) is 1.53. The summed E-state index contributed by atoms with van der Waals surface area (Å²) in [6, 6.07) is 2.85. The zero-order valence-electron chi connectivity index (χ0n) is 11.0. The number of nitrogens with one attached hydrogen (secondary N) is 1. The van der Waals surface area contributed by atoms with Crippen molar-refractivity contribution in [3.05, 3.63) is 21.9 Å². The van der Waals surface area contributed by atoms with Crippen LogP contribution in [0.3, 0.4) is 0 Å². The fourth-order valence-electron chi connectivity index (χ4n) is 2.02. The molecule has 1 atom stereocenters. The van der Waals surface area contributed by atoms with Crippen molar-refractivity contribution >= 4 is 11.3 Å². The van der Waals surface area contributed by atoms with Gasteiger partial charge < -0.3 is 5.32 Å². The van der Waals surface area contributed by atoms with Gasteiger partial charge in [-0.25, -0.2) is 0 Å². The molecule has 0 aliphatic carbocycles. The summed E-state index contributed by atoms with van der Waals surface area (Å²) in [6.07, 6.45) is 3.72. The molecule has 1 unspecified atom stereocenters. The second kappa shape index (κ2) is 7.08. The summed E-state index contributed by atoms with van der Waals surface area (Å²) < 4.78 is 0. The van der Waals surface area contributed by atoms with Gasteiger partial charge in [0.25, 0.3) is 0 Å². The molecular formula is C14H25NS. The van der Waals surface area contributed by atoms with E-state index in [-0.39, 0.29) is 0 Å². The second-order valence-corrected chi connectivity index (χ2v) is 5.69. The van der Waals surface area contributed by atoms with Crippen LogP contribution in [0.25, 0.3) is 0 Å². The van der Waals surface area contributed by atoms with Crippen molar-refractivity contribution in [2.75, 3.05) is 6.54 Å². The molecule has 1 heterocycles. The van der Waals surface area contributed by atoms with Gasteiger partial charge in [-0.2, -0.15) is 0 Å². The van der Waals surface area contributed by atoms with Crippen molar-refractivity contribution in [3.63, 3.8) is 0 Å². The van der Waals surface area contributed by atoms with Crippen molar-refractivity contribution in [2.45, 2.75) is 53.0 Å². The van der Waals surface area contributed by atoms with Gasteiger partial charge in [-0.05, 0) is 48.7 Å². The molecule has 0 saturated carbocycles. The first kappa shape index (κ1) is 13.7. The molecular weight excluding hydrogens is 214 g/mol. The van der Waals surface area contributed by atoms with E-state index in [9.17, 15) is 0 Å². The van der Waals surface area contributed by atoms with Crippen molar-refractivity contribution in [2.24, 2.45) is 5.92 Å². The largest absolute Gasteiger partial charge is 0.310 e. The minimum absolute atomic E-state index is 0.572. The van der Waals surface area contributed by atoms with E-state index < -0.39 is 0 Å². The Morgan fingerprint density at radius 3 is 2.56 bits per heavy atom. The van der Waals surface area contributed by atoms with E-state index in [0.717, 1.165) is 18.9 Å². The minimum atomic E-state index is 0.572. The van der Waals surface area contributed by atoms with Gasteiger partial charge in [-0.3, -0.25) is 0 Å². The van der Waals surface area contributed by atoms with Crippen LogP contribution in [0.2, 0.25) is 0 Å². The highest BCUT2D eigenvalue weighted by atomic mass is 32.1. The summed E-state index contributed by atoms with van der Waals surface area (Å²) in [4.78, 5) is 1.56. The van der Waals surface area contributed by atoms with Crippen LogP contribution >= 0.6 is 11.3 Å². The maximum atomic E-state index is 3.63. The maximum Gasteiger partial charge on any atom is 0.0417 e. The highest BCUT2D eigenvalue weighted by Crippen LogP contribution is 2.29. The molecule has 2 heteroatoms. The first-order chi connectivity index (χ1) is 7.69. The van der Waals surface area contributed by atoms with E-state index in [1.165, 1.54) is 18.4 Å². The smallest absolute Gasteiger partial charge is 0.0417 e. The Hall–Kier alpha value is -0.340. The van der Waals surface area contributed by atoms with Crippen LogP contribution < -0.4 is 5.32 Å². The standard InChI is InChI=1S/C14H25NS/c1-5-12-9-10-16-14(12)13(15-6-2)8-7-11(3)4/h9-11,13,15H,5-8H2,1-4H3. The third-order valence-corrected chi connectivity index (χ3v) is 4.03. The van der Waals surface area contributed by atoms with Crippen LogP contribution in [0.1, 0.15) is 57.0 Å². The topological polar surface area (TPSA) is 12.0 Å². The molecule has 0 bridgehead atoms. The number of thiophene rings is 1. The van der Waals surface area contributed by atoms with Gasteiger partial charge in [0, 0.05) is 10.9 Å². The average molecular weight is 239 g/mol. The van der Waals surface area contributed by atoms with Gasteiger partial charge in [0.15, 0.2) is 0 Å². The van der Waals surface area contributed by atoms with E-state index in [1.807, 2.05) is 11.3 Å². The van der Waals surface area contributed by atoms with Gasteiger partial charge >= 0.3 is 0 Å². The van der Waals surface area contributed by atoms with Crippen LogP contribution in [0.5, 0.6) is 0 Å². The van der Waals surface area contributed by atoms with Crippen LogP contribution in [0.4, 0.5) is 0 Å². The molecule has 1 aromatic heterocycles. The molecule has 92 valence electrons. The normalized spacial score (nSPS) is 13.3. The zero-order valence-corrected chi connectivity index (χ0v) is 11.9. The summed E-state index contributed by atoms with van der Waals surface area (Å²) in [7, 11) is 0. The minimum Gasteiger partial charge on any atom is -0.310 e. The predicted octanol–water partition coefficient (Wildman–Crippen LogP) is 4.40. The molecule has 1 aromatic rings. The van der Waals surface area contributed by atoms with E-state index in [4.69, 9.17) is 0 Å². The maximum absolute atomic E-state index is 3.63. The van der Waals surface area contributed by atoms with Crippen LogP contribution in [0, 0.1) is 5.92 Å². The number of aryl methyl sites for hydroxylation is 1. The Morgan fingerprint density at radius 2 is 2.00 bits per heavy atom. The molecule has 0 aliphatic heterocycles. The van der Waals surface area contributed by atoms with Crippen molar-refractivity contribution in [1.82, 2.24) is 5.32 Å². The molecule has 0 aromatic carbocycles. The summed E-state index contributed by atoms with van der Waals surface area (Å²) in [5, 5.41) is 5.86. The molecule has 0 saturated heterocycles. The number of rotatable bonds is 7. The van der Waals surface area contributed by atoms with E-state index in [0.29, 0.717) is 6.04 Å². The SMILES string of the molecule is CCNC(CCC(C)C)c1sccc1CC. The van der Waals surface area contributed by atoms with Crippen LogP contribution in [0.15, 0.2) is 11.4 Å². The lowest BCUT2D eigenvalue weighted by atomic mass is 10.00. The molecule has 0 aliphatic rings. The Labute approximate surface area is 104 Å². The van der Waals surface area contributed by atoms with Gasteiger partial charge in [0.2, 0.25) is 0 Å². The number of hydrogen-bond donors (Lipinski definition) is 1. The first-order valence-corrected chi connectivity index (χ1v) is 7.36. The van der Waals surface area contributed by atoms with E-state index in [1.54, 1.807) is 4.88 Å². The average Bonchev–Trinajstić information content (AvgIpc) is 2.71. The van der Waals surface area contributed by atoms with E-state index >= 15 is 0 Å². The third kappa shape index (κ3) is 3.91. The molecule has 1 rings (SSSR count).